The topological polar surface area (TPSA) is 96.0 Å². The van der Waals surface area contributed by atoms with Crippen LogP contribution >= 0.6 is 0 Å². The summed E-state index contributed by atoms with van der Waals surface area (Å²) in [6, 6.07) is 13.4. The van der Waals surface area contributed by atoms with Crippen LogP contribution in [0.1, 0.15) is 33.6 Å². The fraction of sp³-hybridized carbons (Fsp3) is 0.273. The van der Waals surface area contributed by atoms with Crippen LogP contribution in [0.4, 0.5) is 5.69 Å². The highest BCUT2D eigenvalue weighted by Gasteiger charge is 2.36. The number of carbonyl (C=O) groups is 4. The van der Waals surface area contributed by atoms with Gasteiger partial charge < -0.3 is 15.0 Å². The predicted octanol–water partition coefficient (Wildman–Crippen LogP) is 1.60. The predicted molar refractivity (Wildman–Crippen MR) is 108 cm³/mol. The zero-order valence-corrected chi connectivity index (χ0v) is 16.5. The van der Waals surface area contributed by atoms with Gasteiger partial charge in [0.05, 0.1) is 24.3 Å². The lowest BCUT2D eigenvalue weighted by atomic mass is 10.1. The van der Waals surface area contributed by atoms with Crippen molar-refractivity contribution in [1.82, 2.24) is 10.2 Å². The Morgan fingerprint density at radius 3 is 2.43 bits per heavy atom. The number of hydrogen-bond donors (Lipinski definition) is 1. The first-order valence-electron chi connectivity index (χ1n) is 9.67. The Labute approximate surface area is 173 Å². The average Bonchev–Trinajstić information content (AvgIpc) is 3.24. The van der Waals surface area contributed by atoms with Crippen LogP contribution in [0.3, 0.4) is 0 Å². The van der Waals surface area contributed by atoms with Crippen LogP contribution in [0.2, 0.25) is 0 Å². The number of nitrogens with zero attached hydrogens (tertiary/aromatic N) is 2. The second-order valence-corrected chi connectivity index (χ2v) is 7.23. The molecular weight excluding hydrogens is 386 g/mol. The molecule has 0 unspecified atom stereocenters. The zero-order valence-electron chi connectivity index (χ0n) is 16.5. The first-order chi connectivity index (χ1) is 14.5. The minimum atomic E-state index is -0.386. The minimum Gasteiger partial charge on any atom is -0.497 e. The van der Waals surface area contributed by atoms with E-state index in [1.54, 1.807) is 54.5 Å². The number of carbonyl (C=O) groups excluding carboxylic acids is 4. The second kappa shape index (κ2) is 7.98. The van der Waals surface area contributed by atoms with Crippen LogP contribution in [0.25, 0.3) is 0 Å². The molecule has 1 atom stereocenters. The molecule has 8 heteroatoms. The van der Waals surface area contributed by atoms with E-state index in [4.69, 9.17) is 4.74 Å². The highest BCUT2D eigenvalue weighted by molar-refractivity contribution is 6.21. The maximum atomic E-state index is 12.4. The summed E-state index contributed by atoms with van der Waals surface area (Å²) in [4.78, 5) is 52.2. The van der Waals surface area contributed by atoms with Gasteiger partial charge in [-0.3, -0.25) is 24.1 Å². The molecule has 0 aliphatic carbocycles. The van der Waals surface area contributed by atoms with Crippen molar-refractivity contribution in [3.63, 3.8) is 0 Å². The molecule has 2 heterocycles. The Kier molecular flexibility index (Phi) is 5.22. The number of anilines is 1. The summed E-state index contributed by atoms with van der Waals surface area (Å²) >= 11 is 0. The molecule has 0 radical (unpaired) electrons. The lowest BCUT2D eigenvalue weighted by Crippen LogP contribution is -2.40. The lowest BCUT2D eigenvalue weighted by Gasteiger charge is -2.18. The largest absolute Gasteiger partial charge is 0.497 e. The highest BCUT2D eigenvalue weighted by Crippen LogP contribution is 2.26. The number of fused-ring (bicyclic) bond motifs is 1. The molecule has 0 spiro atoms. The third kappa shape index (κ3) is 3.63. The SMILES string of the molecule is COc1cccc(N2C[C@@H](NC(=O)CCN3C(=O)c4ccccc4C3=O)CC2=O)c1. The van der Waals surface area contributed by atoms with E-state index < -0.39 is 0 Å². The van der Waals surface area contributed by atoms with Gasteiger partial charge >= 0.3 is 0 Å². The summed E-state index contributed by atoms with van der Waals surface area (Å²) in [6.45, 7) is 0.350. The molecule has 4 rings (SSSR count). The van der Waals surface area contributed by atoms with Gasteiger partial charge in [-0.1, -0.05) is 18.2 Å². The van der Waals surface area contributed by atoms with E-state index in [0.29, 0.717) is 29.1 Å². The van der Waals surface area contributed by atoms with Gasteiger partial charge in [0.25, 0.3) is 11.8 Å². The van der Waals surface area contributed by atoms with E-state index in [2.05, 4.69) is 5.32 Å². The fourth-order valence-corrected chi connectivity index (χ4v) is 3.79. The summed E-state index contributed by atoms with van der Waals surface area (Å²) in [5.41, 5.74) is 1.43. The molecule has 154 valence electrons. The van der Waals surface area contributed by atoms with Gasteiger partial charge in [0, 0.05) is 37.7 Å². The molecule has 2 aliphatic rings. The first kappa shape index (κ1) is 19.6. The van der Waals surface area contributed by atoms with Gasteiger partial charge in [-0.2, -0.15) is 0 Å². The molecule has 4 amide bonds. The monoisotopic (exact) mass is 407 g/mol. The smallest absolute Gasteiger partial charge is 0.261 e. The second-order valence-electron chi connectivity index (χ2n) is 7.23. The van der Waals surface area contributed by atoms with Gasteiger partial charge in [0.1, 0.15) is 5.75 Å². The molecule has 1 N–H and O–H groups in total. The Morgan fingerprint density at radius 1 is 1.07 bits per heavy atom. The van der Waals surface area contributed by atoms with Crippen molar-refractivity contribution < 1.29 is 23.9 Å². The van der Waals surface area contributed by atoms with Crippen molar-refractivity contribution in [2.75, 3.05) is 25.1 Å². The molecule has 1 fully saturated rings. The number of amides is 4. The number of ether oxygens (including phenoxy) is 1. The van der Waals surface area contributed by atoms with Gasteiger partial charge in [0.2, 0.25) is 11.8 Å². The lowest BCUT2D eigenvalue weighted by molar-refractivity contribution is -0.121. The van der Waals surface area contributed by atoms with E-state index in [1.807, 2.05) is 6.07 Å². The number of imide groups is 1. The fourth-order valence-electron chi connectivity index (χ4n) is 3.79. The van der Waals surface area contributed by atoms with Gasteiger partial charge in [-0.15, -0.1) is 0 Å². The molecule has 0 aromatic heterocycles. The summed E-state index contributed by atoms with van der Waals surface area (Å²) in [5.74, 6) is -0.522. The van der Waals surface area contributed by atoms with Crippen LogP contribution in [-0.2, 0) is 9.59 Å². The summed E-state index contributed by atoms with van der Waals surface area (Å²) in [6.07, 6.45) is 0.172. The van der Waals surface area contributed by atoms with Crippen molar-refractivity contribution >= 4 is 29.3 Å². The Morgan fingerprint density at radius 2 is 1.77 bits per heavy atom. The summed E-state index contributed by atoms with van der Waals surface area (Å²) < 4.78 is 5.20. The molecule has 0 bridgehead atoms. The van der Waals surface area contributed by atoms with Crippen LogP contribution < -0.4 is 15.0 Å². The van der Waals surface area contributed by atoms with Crippen molar-refractivity contribution in [3.05, 3.63) is 59.7 Å². The van der Waals surface area contributed by atoms with E-state index in [9.17, 15) is 19.2 Å². The van der Waals surface area contributed by atoms with Crippen LogP contribution in [0, 0.1) is 0 Å². The molecule has 2 aromatic carbocycles. The number of rotatable bonds is 6. The zero-order chi connectivity index (χ0) is 21.3. The van der Waals surface area contributed by atoms with Crippen LogP contribution in [-0.4, -0.2) is 54.8 Å². The van der Waals surface area contributed by atoms with Crippen molar-refractivity contribution in [3.8, 4) is 5.75 Å². The molecule has 2 aliphatic heterocycles. The molecule has 0 saturated carbocycles. The first-order valence-corrected chi connectivity index (χ1v) is 9.67. The summed E-state index contributed by atoms with van der Waals surface area (Å²) in [5, 5.41) is 2.83. The number of nitrogens with one attached hydrogen (secondary N) is 1. The third-order valence-electron chi connectivity index (χ3n) is 5.30. The van der Waals surface area contributed by atoms with E-state index in [-0.39, 0.29) is 49.1 Å². The van der Waals surface area contributed by atoms with Crippen molar-refractivity contribution in [2.24, 2.45) is 0 Å². The van der Waals surface area contributed by atoms with Crippen molar-refractivity contribution in [1.29, 1.82) is 0 Å². The quantitative estimate of drug-likeness (QED) is 0.734. The maximum Gasteiger partial charge on any atom is 0.261 e. The molecule has 2 aromatic rings. The normalized spacial score (nSPS) is 18.0. The van der Waals surface area contributed by atoms with Crippen molar-refractivity contribution in [2.45, 2.75) is 18.9 Å². The molecule has 30 heavy (non-hydrogen) atoms. The average molecular weight is 407 g/mol. The van der Waals surface area contributed by atoms with Crippen LogP contribution in [0.5, 0.6) is 5.75 Å². The van der Waals surface area contributed by atoms with E-state index >= 15 is 0 Å². The standard InChI is InChI=1S/C22H21N3O5/c1-30-16-6-4-5-15(12-16)25-13-14(11-20(25)27)23-19(26)9-10-24-21(28)17-7-2-3-8-18(17)22(24)29/h2-8,12,14H,9-11,13H2,1H3,(H,23,26)/t14-/m0/s1. The molecule has 8 nitrogen and oxygen atoms in total. The Balaban J connectivity index is 1.32. The van der Waals surface area contributed by atoms with Crippen LogP contribution in [0.15, 0.2) is 48.5 Å². The van der Waals surface area contributed by atoms with Gasteiger partial charge in [-0.25, -0.2) is 0 Å². The maximum absolute atomic E-state index is 12.4. The summed E-state index contributed by atoms with van der Waals surface area (Å²) in [7, 11) is 1.56. The third-order valence-corrected chi connectivity index (χ3v) is 5.30. The highest BCUT2D eigenvalue weighted by atomic mass is 16.5. The van der Waals surface area contributed by atoms with E-state index in [1.165, 1.54) is 0 Å². The van der Waals surface area contributed by atoms with Gasteiger partial charge in [-0.05, 0) is 24.3 Å². The van der Waals surface area contributed by atoms with E-state index in [0.717, 1.165) is 4.90 Å². The number of hydrogen-bond acceptors (Lipinski definition) is 5. The Bertz CT molecular complexity index is 1000. The molecule has 1 saturated heterocycles. The Hall–Kier alpha value is -3.68. The minimum absolute atomic E-state index is 0.00154. The number of methoxy groups -OCH3 is 1. The molecular formula is C22H21N3O5. The number of benzene rings is 2. The van der Waals surface area contributed by atoms with Gasteiger partial charge in [0.15, 0.2) is 0 Å².